The van der Waals surface area contributed by atoms with E-state index in [1.807, 2.05) is 12.1 Å². The maximum absolute atomic E-state index is 15.2. The van der Waals surface area contributed by atoms with Crippen molar-refractivity contribution in [1.29, 1.82) is 5.26 Å². The predicted molar refractivity (Wildman–Crippen MR) is 158 cm³/mol. The lowest BCUT2D eigenvalue weighted by Crippen LogP contribution is -2.56. The highest BCUT2D eigenvalue weighted by molar-refractivity contribution is 5.63. The number of nitrogens with one attached hydrogen (secondary N) is 2. The summed E-state index contributed by atoms with van der Waals surface area (Å²) in [6.45, 7) is 9.66. The number of rotatable bonds is 9. The van der Waals surface area contributed by atoms with Gasteiger partial charge in [-0.25, -0.2) is 14.4 Å². The Morgan fingerprint density at radius 2 is 2.02 bits per heavy atom. The van der Waals surface area contributed by atoms with Crippen LogP contribution in [-0.4, -0.2) is 102 Å². The molecule has 43 heavy (non-hydrogen) atoms. The lowest BCUT2D eigenvalue weighted by atomic mass is 9.92. The van der Waals surface area contributed by atoms with Gasteiger partial charge in [-0.15, -0.1) is 0 Å². The zero-order valence-corrected chi connectivity index (χ0v) is 24.0. The van der Waals surface area contributed by atoms with Gasteiger partial charge in [0.15, 0.2) is 11.4 Å². The maximum atomic E-state index is 15.2. The SMILES string of the molecule is C=CC1(F)CNCCC1Oc1cnc(-c2ccnc(Nc3ccc(N4CCN(C5COC5)CC4)c(OC)n3)n2)cc1C#N. The van der Waals surface area contributed by atoms with Crippen LogP contribution in [0.2, 0.25) is 0 Å². The fraction of sp³-hybridized carbons (Fsp3) is 0.433. The summed E-state index contributed by atoms with van der Waals surface area (Å²) in [4.78, 5) is 22.8. The number of alkyl halides is 1. The summed E-state index contributed by atoms with van der Waals surface area (Å²) in [6.07, 6.45) is 3.93. The molecular formula is C30H34FN9O3. The first kappa shape index (κ1) is 28.7. The van der Waals surface area contributed by atoms with Crippen molar-refractivity contribution in [3.05, 3.63) is 54.9 Å². The molecule has 6 rings (SSSR count). The average Bonchev–Trinajstić information content (AvgIpc) is 3.02. The van der Waals surface area contributed by atoms with Gasteiger partial charge in [-0.1, -0.05) is 6.58 Å². The van der Waals surface area contributed by atoms with Crippen LogP contribution in [0.1, 0.15) is 12.0 Å². The third-order valence-corrected chi connectivity index (χ3v) is 8.09. The number of aromatic nitrogens is 4. The zero-order valence-electron chi connectivity index (χ0n) is 24.0. The quantitative estimate of drug-likeness (QED) is 0.357. The molecular weight excluding hydrogens is 553 g/mol. The van der Waals surface area contributed by atoms with Crippen LogP contribution in [-0.2, 0) is 4.74 Å². The summed E-state index contributed by atoms with van der Waals surface area (Å²) in [5.41, 5.74) is 0.360. The molecule has 0 aliphatic carbocycles. The molecule has 12 nitrogen and oxygen atoms in total. The van der Waals surface area contributed by atoms with E-state index in [2.05, 4.69) is 53.0 Å². The summed E-state index contributed by atoms with van der Waals surface area (Å²) in [6, 6.07) is 9.78. The number of methoxy groups -OCH3 is 1. The van der Waals surface area contributed by atoms with Gasteiger partial charge in [0.2, 0.25) is 11.8 Å². The molecule has 0 spiro atoms. The number of hydrogen-bond acceptors (Lipinski definition) is 12. The number of nitrogens with zero attached hydrogens (tertiary/aromatic N) is 7. The van der Waals surface area contributed by atoms with E-state index in [1.165, 1.54) is 12.3 Å². The Morgan fingerprint density at radius 1 is 1.19 bits per heavy atom. The topological polar surface area (TPSA) is 134 Å². The number of halogens is 1. The van der Waals surface area contributed by atoms with Crippen LogP contribution in [0.15, 0.2) is 49.3 Å². The van der Waals surface area contributed by atoms with Crippen molar-refractivity contribution >= 4 is 17.5 Å². The lowest BCUT2D eigenvalue weighted by molar-refractivity contribution is -0.0660. The summed E-state index contributed by atoms with van der Waals surface area (Å²) in [5.74, 6) is 1.56. The van der Waals surface area contributed by atoms with E-state index in [0.29, 0.717) is 48.0 Å². The highest BCUT2D eigenvalue weighted by Gasteiger charge is 2.41. The maximum Gasteiger partial charge on any atom is 0.239 e. The molecule has 0 aromatic carbocycles. The van der Waals surface area contributed by atoms with Gasteiger partial charge in [0, 0.05) is 45.3 Å². The van der Waals surface area contributed by atoms with Gasteiger partial charge in [0.05, 0.1) is 49.5 Å². The number of ether oxygens (including phenoxy) is 3. The average molecular weight is 588 g/mol. The number of piperidine rings is 1. The highest BCUT2D eigenvalue weighted by atomic mass is 19.1. The Balaban J connectivity index is 1.15. The van der Waals surface area contributed by atoms with Crippen LogP contribution in [0, 0.1) is 11.3 Å². The first-order chi connectivity index (χ1) is 21.0. The van der Waals surface area contributed by atoms with Crippen LogP contribution < -0.4 is 25.0 Å². The molecule has 3 fully saturated rings. The molecule has 224 valence electrons. The monoisotopic (exact) mass is 587 g/mol. The molecule has 0 radical (unpaired) electrons. The highest BCUT2D eigenvalue weighted by Crippen LogP contribution is 2.32. The molecule has 13 heteroatoms. The van der Waals surface area contributed by atoms with Gasteiger partial charge < -0.3 is 29.7 Å². The van der Waals surface area contributed by atoms with Gasteiger partial charge in [0.25, 0.3) is 0 Å². The minimum atomic E-state index is -1.74. The van der Waals surface area contributed by atoms with E-state index >= 15 is 4.39 Å². The molecule has 3 saturated heterocycles. The van der Waals surface area contributed by atoms with Gasteiger partial charge in [-0.2, -0.15) is 10.2 Å². The summed E-state index contributed by atoms with van der Waals surface area (Å²) in [7, 11) is 1.61. The summed E-state index contributed by atoms with van der Waals surface area (Å²) < 4.78 is 32.1. The standard InChI is InChI=1S/C30H34FN9O3/c1-3-30(31)19-33-8-7-26(30)43-25-16-35-23(14-20(25)15-32)22-6-9-34-29(36-22)38-27-5-4-24(28(37-27)41-2)40-12-10-39(11-13-40)21-17-42-18-21/h3-6,9,14,16,21,26,33H,1,7-8,10-13,17-19H2,2H3,(H,34,36,37,38). The Labute approximate surface area is 249 Å². The minimum absolute atomic E-state index is 0.0995. The van der Waals surface area contributed by atoms with Crippen LogP contribution in [0.5, 0.6) is 11.6 Å². The van der Waals surface area contributed by atoms with Crippen molar-refractivity contribution in [1.82, 2.24) is 30.2 Å². The molecule has 6 heterocycles. The summed E-state index contributed by atoms with van der Waals surface area (Å²) >= 11 is 0. The second-order valence-corrected chi connectivity index (χ2v) is 10.7. The molecule has 2 atom stereocenters. The molecule has 3 aliphatic rings. The van der Waals surface area contributed by atoms with Crippen LogP contribution >= 0.6 is 0 Å². The van der Waals surface area contributed by atoms with E-state index in [9.17, 15) is 5.26 Å². The Bertz CT molecular complexity index is 1510. The second-order valence-electron chi connectivity index (χ2n) is 10.7. The molecule has 0 amide bonds. The van der Waals surface area contributed by atoms with Crippen molar-refractivity contribution in [2.75, 3.05) is 69.8 Å². The van der Waals surface area contributed by atoms with Crippen molar-refractivity contribution in [3.8, 4) is 29.1 Å². The van der Waals surface area contributed by atoms with Crippen LogP contribution in [0.25, 0.3) is 11.4 Å². The van der Waals surface area contributed by atoms with Crippen LogP contribution in [0.4, 0.5) is 21.8 Å². The first-order valence-corrected chi connectivity index (χ1v) is 14.3. The summed E-state index contributed by atoms with van der Waals surface area (Å²) in [5, 5.41) is 16.0. The van der Waals surface area contributed by atoms with Crippen LogP contribution in [0.3, 0.4) is 0 Å². The Kier molecular flexibility index (Phi) is 8.33. The van der Waals surface area contributed by atoms with E-state index in [-0.39, 0.29) is 17.9 Å². The largest absolute Gasteiger partial charge is 0.484 e. The van der Waals surface area contributed by atoms with E-state index in [4.69, 9.17) is 14.2 Å². The number of hydrogen-bond donors (Lipinski definition) is 2. The predicted octanol–water partition coefficient (Wildman–Crippen LogP) is 2.71. The van der Waals surface area contributed by atoms with Crippen molar-refractivity contribution in [2.24, 2.45) is 0 Å². The zero-order chi connectivity index (χ0) is 29.8. The molecule has 2 unspecified atom stereocenters. The Hall–Kier alpha value is -4.38. The normalized spacial score (nSPS) is 22.7. The molecule has 3 aromatic rings. The number of anilines is 3. The minimum Gasteiger partial charge on any atom is -0.484 e. The Morgan fingerprint density at radius 3 is 2.74 bits per heavy atom. The number of piperazine rings is 1. The van der Waals surface area contributed by atoms with E-state index < -0.39 is 11.8 Å². The van der Waals surface area contributed by atoms with E-state index in [1.54, 1.807) is 25.4 Å². The van der Waals surface area contributed by atoms with Crippen molar-refractivity contribution < 1.29 is 18.6 Å². The van der Waals surface area contributed by atoms with Gasteiger partial charge in [0.1, 0.15) is 23.7 Å². The molecule has 0 bridgehead atoms. The number of nitriles is 1. The van der Waals surface area contributed by atoms with Gasteiger partial charge in [-0.05, 0) is 36.9 Å². The fourth-order valence-electron chi connectivity index (χ4n) is 5.48. The molecule has 2 N–H and O–H groups in total. The van der Waals surface area contributed by atoms with Crippen molar-refractivity contribution in [2.45, 2.75) is 24.2 Å². The molecule has 0 saturated carbocycles. The third-order valence-electron chi connectivity index (χ3n) is 8.09. The fourth-order valence-corrected chi connectivity index (χ4v) is 5.48. The van der Waals surface area contributed by atoms with Gasteiger partial charge >= 0.3 is 0 Å². The van der Waals surface area contributed by atoms with E-state index in [0.717, 1.165) is 45.1 Å². The first-order valence-electron chi connectivity index (χ1n) is 14.3. The lowest BCUT2D eigenvalue weighted by Gasteiger charge is -2.43. The third kappa shape index (κ3) is 6.08. The van der Waals surface area contributed by atoms with Crippen molar-refractivity contribution in [3.63, 3.8) is 0 Å². The van der Waals surface area contributed by atoms with Gasteiger partial charge in [-0.3, -0.25) is 9.88 Å². The number of pyridine rings is 2. The molecule has 3 aromatic heterocycles. The smallest absolute Gasteiger partial charge is 0.239 e. The molecule has 3 aliphatic heterocycles. The second kappa shape index (κ2) is 12.5.